The number of carbonyl (C=O) groups excluding carboxylic acids is 1. The molecular formula is C17H21N3O3. The highest BCUT2D eigenvalue weighted by Crippen LogP contribution is 2.17. The molecule has 0 saturated carbocycles. The molecule has 2 N–H and O–H groups in total. The molecule has 2 heterocycles. The average Bonchev–Trinajstić information content (AvgIpc) is 3.02. The first-order valence-corrected chi connectivity index (χ1v) is 7.90. The molecule has 1 amide bonds. The van der Waals surface area contributed by atoms with Crippen LogP contribution in [0.1, 0.15) is 30.9 Å². The monoisotopic (exact) mass is 315 g/mol. The summed E-state index contributed by atoms with van der Waals surface area (Å²) >= 11 is 0. The zero-order valence-corrected chi connectivity index (χ0v) is 12.9. The van der Waals surface area contributed by atoms with Crippen LogP contribution in [0.4, 0.5) is 5.69 Å². The topological polar surface area (TPSA) is 76.4 Å². The minimum atomic E-state index is -1.19. The summed E-state index contributed by atoms with van der Waals surface area (Å²) in [5.41, 5.74) is 1.13. The number of ether oxygens (including phenoxy) is 1. The minimum Gasteiger partial charge on any atom is -0.378 e. The number of benzene rings is 1. The normalized spacial score (nSPS) is 19.3. The number of hydrogen-bond acceptors (Lipinski definition) is 4. The predicted molar refractivity (Wildman–Crippen MR) is 85.8 cm³/mol. The van der Waals surface area contributed by atoms with Gasteiger partial charge >= 0.3 is 0 Å². The summed E-state index contributed by atoms with van der Waals surface area (Å²) in [5.74, 6) is -0.468. The van der Waals surface area contributed by atoms with Crippen molar-refractivity contribution >= 4 is 11.6 Å². The molecule has 1 aromatic heterocycles. The van der Waals surface area contributed by atoms with Crippen molar-refractivity contribution in [2.24, 2.45) is 0 Å². The Morgan fingerprint density at radius 3 is 2.96 bits per heavy atom. The van der Waals surface area contributed by atoms with Gasteiger partial charge in [-0.05, 0) is 24.8 Å². The highest BCUT2D eigenvalue weighted by atomic mass is 16.5. The number of rotatable bonds is 5. The first-order valence-electron chi connectivity index (χ1n) is 7.90. The largest absolute Gasteiger partial charge is 0.378 e. The van der Waals surface area contributed by atoms with Crippen LogP contribution in [-0.4, -0.2) is 33.5 Å². The number of nitrogens with one attached hydrogen (secondary N) is 1. The summed E-state index contributed by atoms with van der Waals surface area (Å²) in [7, 11) is 0. The Kier molecular flexibility index (Phi) is 5.05. The maximum Gasteiger partial charge on any atom is 0.257 e. The summed E-state index contributed by atoms with van der Waals surface area (Å²) in [6, 6.07) is 8.84. The van der Waals surface area contributed by atoms with Gasteiger partial charge in [0.05, 0.1) is 24.5 Å². The Hall–Kier alpha value is -2.18. The van der Waals surface area contributed by atoms with Crippen molar-refractivity contribution in [1.82, 2.24) is 9.78 Å². The predicted octanol–water partition coefficient (Wildman–Crippen LogP) is 2.12. The molecule has 122 valence electrons. The smallest absolute Gasteiger partial charge is 0.257 e. The van der Waals surface area contributed by atoms with Crippen LogP contribution in [0.25, 0.3) is 0 Å². The molecule has 1 fully saturated rings. The van der Waals surface area contributed by atoms with E-state index in [1.54, 1.807) is 41.3 Å². The average molecular weight is 315 g/mol. The van der Waals surface area contributed by atoms with Crippen LogP contribution in [0.3, 0.4) is 0 Å². The molecule has 1 aliphatic rings. The Balaban J connectivity index is 1.56. The van der Waals surface area contributed by atoms with Crippen LogP contribution < -0.4 is 5.32 Å². The van der Waals surface area contributed by atoms with Gasteiger partial charge in [0.25, 0.3) is 5.91 Å². The van der Waals surface area contributed by atoms with Gasteiger partial charge in [-0.1, -0.05) is 30.3 Å². The third kappa shape index (κ3) is 4.18. The molecule has 0 bridgehead atoms. The van der Waals surface area contributed by atoms with Gasteiger partial charge in [-0.2, -0.15) is 5.10 Å². The van der Waals surface area contributed by atoms with Crippen molar-refractivity contribution in [2.75, 3.05) is 11.9 Å². The molecule has 1 aromatic carbocycles. The molecule has 23 heavy (non-hydrogen) atoms. The number of carbonyl (C=O) groups is 1. The molecule has 1 aliphatic heterocycles. The molecule has 6 nitrogen and oxygen atoms in total. The second-order valence-corrected chi connectivity index (χ2v) is 5.74. The first-order chi connectivity index (χ1) is 11.2. The van der Waals surface area contributed by atoms with Crippen LogP contribution >= 0.6 is 0 Å². The number of aromatic nitrogens is 2. The van der Waals surface area contributed by atoms with Gasteiger partial charge in [-0.15, -0.1) is 0 Å². The van der Waals surface area contributed by atoms with Gasteiger partial charge in [0, 0.05) is 12.8 Å². The number of nitrogens with zero attached hydrogens (tertiary/aromatic N) is 2. The Labute approximate surface area is 135 Å². The lowest BCUT2D eigenvalue weighted by Crippen LogP contribution is -2.24. The molecule has 2 atom stereocenters. The summed E-state index contributed by atoms with van der Waals surface area (Å²) in [6.07, 6.45) is 5.66. The molecule has 3 rings (SSSR count). The van der Waals surface area contributed by atoms with Gasteiger partial charge in [0.1, 0.15) is 0 Å². The molecule has 0 radical (unpaired) electrons. The van der Waals surface area contributed by atoms with Gasteiger partial charge in [0.15, 0.2) is 6.10 Å². The summed E-state index contributed by atoms with van der Waals surface area (Å²) < 4.78 is 7.44. The van der Waals surface area contributed by atoms with Gasteiger partial charge in [0.2, 0.25) is 0 Å². The van der Waals surface area contributed by atoms with Crippen LogP contribution in [-0.2, 0) is 16.1 Å². The number of hydrogen-bond donors (Lipinski definition) is 2. The Bertz CT molecular complexity index is 636. The lowest BCUT2D eigenvalue weighted by atomic mass is 10.1. The molecule has 1 saturated heterocycles. The van der Waals surface area contributed by atoms with E-state index in [1.807, 2.05) is 6.07 Å². The third-order valence-electron chi connectivity index (χ3n) is 3.93. The molecular weight excluding hydrogens is 294 g/mol. The minimum absolute atomic E-state index is 0.183. The second-order valence-electron chi connectivity index (χ2n) is 5.74. The van der Waals surface area contributed by atoms with Crippen LogP contribution in [0.2, 0.25) is 0 Å². The first kappa shape index (κ1) is 15.7. The van der Waals surface area contributed by atoms with E-state index in [0.717, 1.165) is 19.4 Å². The number of anilines is 1. The lowest BCUT2D eigenvalue weighted by molar-refractivity contribution is -0.124. The molecule has 2 aromatic rings. The highest BCUT2D eigenvalue weighted by Gasteiger charge is 2.18. The van der Waals surface area contributed by atoms with E-state index >= 15 is 0 Å². The fourth-order valence-electron chi connectivity index (χ4n) is 2.69. The van der Waals surface area contributed by atoms with Gasteiger partial charge in [-0.25, -0.2) is 0 Å². The Morgan fingerprint density at radius 2 is 2.22 bits per heavy atom. The fraction of sp³-hybridized carbons (Fsp3) is 0.412. The lowest BCUT2D eigenvalue weighted by Gasteiger charge is -2.22. The van der Waals surface area contributed by atoms with E-state index in [0.29, 0.717) is 17.8 Å². The van der Waals surface area contributed by atoms with Crippen LogP contribution in [0, 0.1) is 0 Å². The molecule has 0 aliphatic carbocycles. The van der Waals surface area contributed by atoms with Crippen molar-refractivity contribution in [3.05, 3.63) is 48.3 Å². The third-order valence-corrected chi connectivity index (χ3v) is 3.93. The number of aliphatic hydroxyl groups excluding tert-OH is 1. The van der Waals surface area contributed by atoms with E-state index in [4.69, 9.17) is 4.74 Å². The summed E-state index contributed by atoms with van der Waals surface area (Å²) in [5, 5.41) is 17.0. The SMILES string of the molecule is O=C(Nc1cnn(CC2CCCCO2)c1)C(O)c1ccccc1. The van der Waals surface area contributed by atoms with E-state index in [1.165, 1.54) is 6.42 Å². The summed E-state index contributed by atoms with van der Waals surface area (Å²) in [4.78, 5) is 12.1. The fourth-order valence-corrected chi connectivity index (χ4v) is 2.69. The highest BCUT2D eigenvalue weighted by molar-refractivity contribution is 5.94. The van der Waals surface area contributed by atoms with Crippen molar-refractivity contribution in [3.8, 4) is 0 Å². The van der Waals surface area contributed by atoms with Crippen molar-refractivity contribution in [1.29, 1.82) is 0 Å². The van der Waals surface area contributed by atoms with Gasteiger partial charge in [-0.3, -0.25) is 9.48 Å². The second kappa shape index (κ2) is 7.39. The number of amides is 1. The van der Waals surface area contributed by atoms with E-state index < -0.39 is 12.0 Å². The number of aliphatic hydroxyl groups is 1. The van der Waals surface area contributed by atoms with Crippen molar-refractivity contribution in [2.45, 2.75) is 38.0 Å². The zero-order valence-electron chi connectivity index (χ0n) is 12.9. The van der Waals surface area contributed by atoms with E-state index in [9.17, 15) is 9.90 Å². The molecule has 0 spiro atoms. The quantitative estimate of drug-likeness (QED) is 0.886. The molecule has 6 heteroatoms. The van der Waals surface area contributed by atoms with Crippen molar-refractivity contribution < 1.29 is 14.6 Å². The zero-order chi connectivity index (χ0) is 16.1. The van der Waals surface area contributed by atoms with Gasteiger partial charge < -0.3 is 15.2 Å². The van der Waals surface area contributed by atoms with E-state index in [-0.39, 0.29) is 6.10 Å². The standard InChI is InChI=1S/C17H21N3O3/c21-16(13-6-2-1-3-7-13)17(22)19-14-10-18-20(11-14)12-15-8-4-5-9-23-15/h1-3,6-7,10-11,15-16,21H,4-5,8-9,12H2,(H,19,22). The molecule has 2 unspecified atom stereocenters. The maximum atomic E-state index is 12.1. The Morgan fingerprint density at radius 1 is 1.39 bits per heavy atom. The van der Waals surface area contributed by atoms with Crippen molar-refractivity contribution in [3.63, 3.8) is 0 Å². The summed E-state index contributed by atoms with van der Waals surface area (Å²) in [6.45, 7) is 1.48. The van der Waals surface area contributed by atoms with E-state index in [2.05, 4.69) is 10.4 Å². The maximum absolute atomic E-state index is 12.1. The van der Waals surface area contributed by atoms with Crippen LogP contribution in [0.5, 0.6) is 0 Å². The van der Waals surface area contributed by atoms with Crippen LogP contribution in [0.15, 0.2) is 42.7 Å².